The van der Waals surface area contributed by atoms with E-state index in [1.807, 2.05) is 0 Å². The number of benzene rings is 2. The fraction of sp³-hybridized carbons (Fsp3) is 0.0588. The molecule has 25 heavy (non-hydrogen) atoms. The van der Waals surface area contributed by atoms with Gasteiger partial charge in [0.2, 0.25) is 0 Å². The average molecular weight is 399 g/mol. The summed E-state index contributed by atoms with van der Waals surface area (Å²) < 4.78 is 0. The Labute approximate surface area is 159 Å². The van der Waals surface area contributed by atoms with E-state index >= 15 is 0 Å². The quantitative estimate of drug-likeness (QED) is 0.523. The normalized spacial score (nSPS) is 10.6. The summed E-state index contributed by atoms with van der Waals surface area (Å²) in [5.41, 5.74) is 6.77. The van der Waals surface area contributed by atoms with Crippen LogP contribution in [0, 0.1) is 0 Å². The molecule has 0 aliphatic rings. The van der Waals surface area contributed by atoms with Gasteiger partial charge in [0.05, 0.1) is 15.7 Å². The first-order valence-electron chi connectivity index (χ1n) is 7.11. The number of nitrogens with one attached hydrogen (secondary N) is 3. The van der Waals surface area contributed by atoms with E-state index in [1.54, 1.807) is 37.4 Å². The standard InChI is InChI=1S/C17H14Cl3N3O2/c1-21-17(25)11-5-2-10(3-6-11)4-7-15(24)22-23-16-13(19)8-12(18)9-14(16)20/h2-9,23H,1H3,(H,21,25)(H,22,24)/b7-4+. The monoisotopic (exact) mass is 397 g/mol. The maximum Gasteiger partial charge on any atom is 0.262 e. The molecule has 0 saturated carbocycles. The zero-order chi connectivity index (χ0) is 18.4. The van der Waals surface area contributed by atoms with Crippen LogP contribution >= 0.6 is 34.8 Å². The molecule has 8 heteroatoms. The largest absolute Gasteiger partial charge is 0.355 e. The van der Waals surface area contributed by atoms with Gasteiger partial charge in [-0.25, -0.2) is 0 Å². The number of halogens is 3. The van der Waals surface area contributed by atoms with Gasteiger partial charge in [0.25, 0.3) is 11.8 Å². The second kappa shape index (κ2) is 8.76. The predicted octanol–water partition coefficient (Wildman–Crippen LogP) is 4.16. The van der Waals surface area contributed by atoms with Crippen LogP contribution in [0.2, 0.25) is 15.1 Å². The predicted molar refractivity (Wildman–Crippen MR) is 102 cm³/mol. The van der Waals surface area contributed by atoms with Crippen molar-refractivity contribution in [2.75, 3.05) is 12.5 Å². The molecule has 130 valence electrons. The summed E-state index contributed by atoms with van der Waals surface area (Å²) in [6.45, 7) is 0. The molecule has 0 fully saturated rings. The Morgan fingerprint density at radius 3 is 2.16 bits per heavy atom. The second-order valence-corrected chi connectivity index (χ2v) is 6.14. The topological polar surface area (TPSA) is 70.2 Å². The molecular formula is C17H14Cl3N3O2. The highest BCUT2D eigenvalue weighted by molar-refractivity contribution is 6.41. The van der Waals surface area contributed by atoms with Crippen molar-refractivity contribution in [1.29, 1.82) is 0 Å². The van der Waals surface area contributed by atoms with Gasteiger partial charge in [-0.1, -0.05) is 46.9 Å². The number of carbonyl (C=O) groups excluding carboxylic acids is 2. The van der Waals surface area contributed by atoms with Crippen molar-refractivity contribution in [1.82, 2.24) is 10.7 Å². The number of anilines is 1. The lowest BCUT2D eigenvalue weighted by Gasteiger charge is -2.10. The number of hydrazine groups is 1. The molecule has 0 unspecified atom stereocenters. The highest BCUT2D eigenvalue weighted by Gasteiger charge is 2.08. The minimum absolute atomic E-state index is 0.172. The molecule has 0 aliphatic carbocycles. The molecule has 2 aromatic carbocycles. The zero-order valence-corrected chi connectivity index (χ0v) is 15.3. The molecule has 5 nitrogen and oxygen atoms in total. The maximum absolute atomic E-state index is 11.9. The third-order valence-electron chi connectivity index (χ3n) is 3.14. The molecule has 2 rings (SSSR count). The number of hydrogen-bond donors (Lipinski definition) is 3. The van der Waals surface area contributed by atoms with Crippen molar-refractivity contribution in [3.05, 3.63) is 68.7 Å². The zero-order valence-electron chi connectivity index (χ0n) is 13.1. The van der Waals surface area contributed by atoms with E-state index in [2.05, 4.69) is 16.2 Å². The van der Waals surface area contributed by atoms with Gasteiger partial charge in [0, 0.05) is 23.7 Å². The van der Waals surface area contributed by atoms with E-state index < -0.39 is 5.91 Å². The van der Waals surface area contributed by atoms with Gasteiger partial charge in [-0.05, 0) is 35.9 Å². The Hall–Kier alpha value is -2.21. The first-order chi connectivity index (χ1) is 11.9. The van der Waals surface area contributed by atoms with Gasteiger partial charge in [-0.15, -0.1) is 0 Å². The van der Waals surface area contributed by atoms with Crippen LogP contribution in [-0.2, 0) is 4.79 Å². The van der Waals surface area contributed by atoms with E-state index in [9.17, 15) is 9.59 Å². The Kier molecular flexibility index (Phi) is 6.70. The molecule has 0 aliphatic heterocycles. The number of hydrogen-bond acceptors (Lipinski definition) is 3. The van der Waals surface area contributed by atoms with E-state index in [0.717, 1.165) is 5.56 Å². The van der Waals surface area contributed by atoms with Gasteiger partial charge in [-0.2, -0.15) is 0 Å². The lowest BCUT2D eigenvalue weighted by atomic mass is 10.1. The SMILES string of the molecule is CNC(=O)c1ccc(/C=C/C(=O)NNc2c(Cl)cc(Cl)cc2Cl)cc1. The summed E-state index contributed by atoms with van der Waals surface area (Å²) in [4.78, 5) is 23.3. The van der Waals surface area contributed by atoms with Gasteiger partial charge < -0.3 is 5.32 Å². The van der Waals surface area contributed by atoms with Crippen molar-refractivity contribution in [2.24, 2.45) is 0 Å². The first-order valence-corrected chi connectivity index (χ1v) is 8.25. The van der Waals surface area contributed by atoms with E-state index in [-0.39, 0.29) is 16.0 Å². The molecule has 0 bridgehead atoms. The van der Waals surface area contributed by atoms with Crippen LogP contribution in [0.3, 0.4) is 0 Å². The molecule has 0 radical (unpaired) electrons. The molecule has 2 aromatic rings. The van der Waals surface area contributed by atoms with E-state index in [1.165, 1.54) is 18.2 Å². The molecule has 0 saturated heterocycles. The van der Waals surface area contributed by atoms with Crippen molar-refractivity contribution in [2.45, 2.75) is 0 Å². The van der Waals surface area contributed by atoms with Crippen LogP contribution in [0.5, 0.6) is 0 Å². The summed E-state index contributed by atoms with van der Waals surface area (Å²) in [5, 5.41) is 3.50. The summed E-state index contributed by atoms with van der Waals surface area (Å²) in [6.07, 6.45) is 2.94. The smallest absolute Gasteiger partial charge is 0.262 e. The second-order valence-electron chi connectivity index (χ2n) is 4.89. The lowest BCUT2D eigenvalue weighted by Crippen LogP contribution is -2.27. The van der Waals surface area contributed by atoms with E-state index in [4.69, 9.17) is 34.8 Å². The van der Waals surface area contributed by atoms with Crippen LogP contribution in [-0.4, -0.2) is 18.9 Å². The third kappa shape index (κ3) is 5.39. The fourth-order valence-electron chi connectivity index (χ4n) is 1.89. The molecule has 0 atom stereocenters. The van der Waals surface area contributed by atoms with Gasteiger partial charge in [0.1, 0.15) is 0 Å². The van der Waals surface area contributed by atoms with Crippen LogP contribution in [0.25, 0.3) is 6.08 Å². The Morgan fingerprint density at radius 1 is 1.00 bits per heavy atom. The van der Waals surface area contributed by atoms with Crippen LogP contribution in [0.1, 0.15) is 15.9 Å². The number of rotatable bonds is 5. The van der Waals surface area contributed by atoms with Crippen LogP contribution in [0.4, 0.5) is 5.69 Å². The maximum atomic E-state index is 11.9. The van der Waals surface area contributed by atoms with Crippen LogP contribution in [0.15, 0.2) is 42.5 Å². The van der Waals surface area contributed by atoms with Gasteiger partial charge in [-0.3, -0.25) is 20.4 Å². The minimum atomic E-state index is -0.405. The summed E-state index contributed by atoms with van der Waals surface area (Å²) >= 11 is 17.8. The minimum Gasteiger partial charge on any atom is -0.355 e. The van der Waals surface area contributed by atoms with Crippen LogP contribution < -0.4 is 16.2 Å². The number of amides is 2. The molecule has 3 N–H and O–H groups in total. The average Bonchev–Trinajstić information content (AvgIpc) is 2.58. The lowest BCUT2D eigenvalue weighted by molar-refractivity contribution is -0.115. The van der Waals surface area contributed by atoms with Crippen molar-refractivity contribution < 1.29 is 9.59 Å². The molecular weight excluding hydrogens is 385 g/mol. The third-order valence-corrected chi connectivity index (χ3v) is 3.96. The summed E-state index contributed by atoms with van der Waals surface area (Å²) in [5.74, 6) is -0.577. The van der Waals surface area contributed by atoms with E-state index in [0.29, 0.717) is 16.3 Å². The van der Waals surface area contributed by atoms with Gasteiger partial charge in [0.15, 0.2) is 0 Å². The summed E-state index contributed by atoms with van der Waals surface area (Å²) in [7, 11) is 1.56. The van der Waals surface area contributed by atoms with Gasteiger partial charge >= 0.3 is 0 Å². The Morgan fingerprint density at radius 2 is 1.60 bits per heavy atom. The van der Waals surface area contributed by atoms with Crippen molar-refractivity contribution >= 4 is 58.4 Å². The Bertz CT molecular complexity index is 797. The molecule has 0 spiro atoms. The summed E-state index contributed by atoms with van der Waals surface area (Å²) in [6, 6.07) is 9.81. The highest BCUT2D eigenvalue weighted by atomic mass is 35.5. The first kappa shape index (κ1) is 19.1. The molecule has 0 aromatic heterocycles. The molecule has 2 amide bonds. The fourth-order valence-corrected chi connectivity index (χ4v) is 2.80. The van der Waals surface area contributed by atoms with Crippen molar-refractivity contribution in [3.8, 4) is 0 Å². The Balaban J connectivity index is 1.96. The van der Waals surface area contributed by atoms with Crippen molar-refractivity contribution in [3.63, 3.8) is 0 Å². The highest BCUT2D eigenvalue weighted by Crippen LogP contribution is 2.32. The molecule has 0 heterocycles. The number of carbonyl (C=O) groups is 2.